The first-order valence-corrected chi connectivity index (χ1v) is 7.24. The van der Waals surface area contributed by atoms with E-state index >= 15 is 0 Å². The second-order valence-electron chi connectivity index (χ2n) is 4.14. The molecule has 0 saturated heterocycles. The van der Waals surface area contributed by atoms with Gasteiger partial charge in [0.1, 0.15) is 10.4 Å². The van der Waals surface area contributed by atoms with Crippen LogP contribution in [0.2, 0.25) is 13.7 Å². The normalized spacial score (nSPS) is 12.8. The van der Waals surface area contributed by atoms with Crippen LogP contribution in [0, 0.1) is 13.8 Å². The fraction of sp³-hybridized carbons (Fsp3) is 0.231. The molecule has 1 N–H and O–H groups in total. The Morgan fingerprint density at radius 3 is 2.17 bits per heavy atom. The molecule has 0 saturated carbocycles. The van der Waals surface area contributed by atoms with E-state index in [4.69, 9.17) is 34.8 Å². The first-order valence-electron chi connectivity index (χ1n) is 5.29. The molecule has 0 fully saturated rings. The van der Waals surface area contributed by atoms with Crippen LogP contribution in [0.1, 0.15) is 28.4 Å². The van der Waals surface area contributed by atoms with Gasteiger partial charge in [-0.3, -0.25) is 0 Å². The summed E-state index contributed by atoms with van der Waals surface area (Å²) in [5.74, 6) is 0. The molecule has 18 heavy (non-hydrogen) atoms. The predicted molar refractivity (Wildman–Crippen MR) is 79.3 cm³/mol. The number of aryl methyl sites for hydroxylation is 2. The molecule has 2 rings (SSSR count). The van der Waals surface area contributed by atoms with Crippen molar-refractivity contribution in [2.24, 2.45) is 0 Å². The molecule has 0 amide bonds. The summed E-state index contributed by atoms with van der Waals surface area (Å²) in [6.07, 6.45) is -0.854. The molecule has 1 nitrogen and oxygen atoms in total. The van der Waals surface area contributed by atoms with Crippen LogP contribution in [-0.4, -0.2) is 5.11 Å². The minimum Gasteiger partial charge on any atom is -0.384 e. The Balaban J connectivity index is 2.49. The molecular formula is C13H11Cl3OS. The Hall–Kier alpha value is -0.250. The maximum Gasteiger partial charge on any atom is 0.108 e. The molecule has 1 aromatic heterocycles. The number of benzene rings is 1. The van der Waals surface area contributed by atoms with Crippen molar-refractivity contribution in [1.82, 2.24) is 0 Å². The highest BCUT2D eigenvalue weighted by Gasteiger charge is 2.20. The number of halogens is 3. The van der Waals surface area contributed by atoms with Gasteiger partial charge in [-0.1, -0.05) is 40.9 Å². The quantitative estimate of drug-likeness (QED) is 0.784. The lowest BCUT2D eigenvalue weighted by Crippen LogP contribution is -2.01. The predicted octanol–water partition coefficient (Wildman–Crippen LogP) is 5.41. The molecule has 0 aliphatic carbocycles. The average Bonchev–Trinajstić information content (AvgIpc) is 2.62. The molecule has 0 aliphatic rings. The van der Waals surface area contributed by atoms with Gasteiger partial charge in [-0.05, 0) is 37.1 Å². The Kier molecular flexibility index (Phi) is 4.25. The summed E-state index contributed by atoms with van der Waals surface area (Å²) < 4.78 is 1.04. The van der Waals surface area contributed by atoms with Gasteiger partial charge >= 0.3 is 0 Å². The summed E-state index contributed by atoms with van der Waals surface area (Å²) in [6.45, 7) is 3.95. The maximum absolute atomic E-state index is 10.4. The van der Waals surface area contributed by atoms with Gasteiger partial charge in [-0.2, -0.15) is 0 Å². The average molecular weight is 322 g/mol. The van der Waals surface area contributed by atoms with Crippen LogP contribution in [0.3, 0.4) is 0 Å². The minimum atomic E-state index is -0.854. The first kappa shape index (κ1) is 14.2. The van der Waals surface area contributed by atoms with Crippen molar-refractivity contribution in [2.45, 2.75) is 20.0 Å². The Labute approximate surface area is 125 Å². The zero-order valence-electron chi connectivity index (χ0n) is 9.80. The monoisotopic (exact) mass is 320 g/mol. The topological polar surface area (TPSA) is 20.2 Å². The van der Waals surface area contributed by atoms with Crippen LogP contribution in [0.4, 0.5) is 0 Å². The first-order chi connectivity index (χ1) is 8.40. The highest BCUT2D eigenvalue weighted by atomic mass is 35.5. The number of rotatable bonds is 2. The molecular weight excluding hydrogens is 311 g/mol. The number of aliphatic hydroxyl groups excluding tert-OH is 1. The number of hydrogen-bond acceptors (Lipinski definition) is 2. The number of hydrogen-bond donors (Lipinski definition) is 1. The Bertz CT molecular complexity index is 592. The van der Waals surface area contributed by atoms with Gasteiger partial charge in [0, 0.05) is 16.1 Å². The van der Waals surface area contributed by atoms with Crippen molar-refractivity contribution in [3.8, 4) is 0 Å². The van der Waals surface area contributed by atoms with Crippen LogP contribution >= 0.6 is 46.1 Å². The van der Waals surface area contributed by atoms with Crippen molar-refractivity contribution in [2.75, 3.05) is 0 Å². The Morgan fingerprint density at radius 1 is 1.00 bits per heavy atom. The summed E-state index contributed by atoms with van der Waals surface area (Å²) in [7, 11) is 0. The van der Waals surface area contributed by atoms with Crippen molar-refractivity contribution in [1.29, 1.82) is 0 Å². The van der Waals surface area contributed by atoms with Gasteiger partial charge in [0.2, 0.25) is 0 Å². The minimum absolute atomic E-state index is 0.488. The molecule has 96 valence electrons. The van der Waals surface area contributed by atoms with E-state index in [0.717, 1.165) is 11.1 Å². The van der Waals surface area contributed by atoms with E-state index in [1.165, 1.54) is 11.3 Å². The van der Waals surface area contributed by atoms with Gasteiger partial charge in [0.05, 0.1) is 4.34 Å². The van der Waals surface area contributed by atoms with Crippen molar-refractivity contribution in [3.05, 3.63) is 54.1 Å². The highest BCUT2D eigenvalue weighted by molar-refractivity contribution is 7.20. The Morgan fingerprint density at radius 2 is 1.61 bits per heavy atom. The molecule has 5 heteroatoms. The van der Waals surface area contributed by atoms with Crippen LogP contribution < -0.4 is 0 Å². The number of thiophene rings is 1. The van der Waals surface area contributed by atoms with Gasteiger partial charge in [-0.25, -0.2) is 0 Å². The van der Waals surface area contributed by atoms with Crippen molar-refractivity contribution in [3.63, 3.8) is 0 Å². The molecule has 1 atom stereocenters. The SMILES string of the molecule is Cc1cc(Cl)c(C(O)c2cc(Cl)sc2Cl)cc1C. The van der Waals surface area contributed by atoms with E-state index < -0.39 is 6.10 Å². The second kappa shape index (κ2) is 5.40. The molecule has 1 aromatic carbocycles. The second-order valence-corrected chi connectivity index (χ2v) is 6.83. The molecule has 1 heterocycles. The van der Waals surface area contributed by atoms with E-state index in [0.29, 0.717) is 24.8 Å². The summed E-state index contributed by atoms with van der Waals surface area (Å²) in [5.41, 5.74) is 3.41. The van der Waals surface area contributed by atoms with E-state index in [1.54, 1.807) is 6.07 Å². The van der Waals surface area contributed by atoms with Crippen molar-refractivity contribution < 1.29 is 5.11 Å². The third-order valence-electron chi connectivity index (χ3n) is 2.89. The van der Waals surface area contributed by atoms with Crippen molar-refractivity contribution >= 4 is 46.1 Å². The third kappa shape index (κ3) is 2.68. The summed E-state index contributed by atoms with van der Waals surface area (Å²) >= 11 is 19.3. The number of aliphatic hydroxyl groups is 1. The van der Waals surface area contributed by atoms with Gasteiger partial charge in [0.15, 0.2) is 0 Å². The maximum atomic E-state index is 10.4. The molecule has 0 aliphatic heterocycles. The summed E-state index contributed by atoms with van der Waals surface area (Å²) in [6, 6.07) is 5.40. The van der Waals surface area contributed by atoms with E-state index in [9.17, 15) is 5.11 Å². The van der Waals surface area contributed by atoms with Crippen LogP contribution in [-0.2, 0) is 0 Å². The van der Waals surface area contributed by atoms with Crippen LogP contribution in [0.5, 0.6) is 0 Å². The lowest BCUT2D eigenvalue weighted by atomic mass is 9.99. The van der Waals surface area contributed by atoms with E-state index in [1.807, 2.05) is 26.0 Å². The summed E-state index contributed by atoms with van der Waals surface area (Å²) in [5, 5.41) is 10.9. The molecule has 0 bridgehead atoms. The molecule has 1 unspecified atom stereocenters. The zero-order valence-corrected chi connectivity index (χ0v) is 12.9. The zero-order chi connectivity index (χ0) is 13.4. The molecule has 2 aromatic rings. The van der Waals surface area contributed by atoms with E-state index in [-0.39, 0.29) is 0 Å². The molecule has 0 radical (unpaired) electrons. The lowest BCUT2D eigenvalue weighted by Gasteiger charge is -2.14. The molecule has 0 spiro atoms. The van der Waals surface area contributed by atoms with Gasteiger partial charge in [-0.15, -0.1) is 11.3 Å². The van der Waals surface area contributed by atoms with Gasteiger partial charge in [0.25, 0.3) is 0 Å². The fourth-order valence-corrected chi connectivity index (χ4v) is 3.56. The van der Waals surface area contributed by atoms with Crippen LogP contribution in [0.25, 0.3) is 0 Å². The smallest absolute Gasteiger partial charge is 0.108 e. The largest absolute Gasteiger partial charge is 0.384 e. The lowest BCUT2D eigenvalue weighted by molar-refractivity contribution is 0.221. The van der Waals surface area contributed by atoms with Gasteiger partial charge < -0.3 is 5.11 Å². The highest BCUT2D eigenvalue weighted by Crippen LogP contribution is 2.39. The van der Waals surface area contributed by atoms with Crippen LogP contribution in [0.15, 0.2) is 18.2 Å². The third-order valence-corrected chi connectivity index (χ3v) is 4.73. The van der Waals surface area contributed by atoms with E-state index in [2.05, 4.69) is 0 Å². The standard InChI is InChI=1S/C13H11Cl3OS/c1-6-3-8(10(14)4-7(6)2)12(17)9-5-11(15)18-13(9)16/h3-5,12,17H,1-2H3. The fourth-order valence-electron chi connectivity index (χ4n) is 1.72. The summed E-state index contributed by atoms with van der Waals surface area (Å²) in [4.78, 5) is 0.